The number of ether oxygens (including phenoxy) is 2. The number of methoxy groups -OCH3 is 2. The van der Waals surface area contributed by atoms with Crippen LogP contribution < -0.4 is 17.9 Å². The second-order valence-corrected chi connectivity index (χ2v) is 3.34. The van der Waals surface area contributed by atoms with Crippen molar-refractivity contribution in [3.05, 3.63) is 0 Å². The SMILES string of the molecule is COC(=O)[C@@H]1CCC[C@H](C(=O)OC)O[NH2+]1.[Cl-]. The van der Waals surface area contributed by atoms with Gasteiger partial charge in [0, 0.05) is 6.42 Å². The van der Waals surface area contributed by atoms with E-state index >= 15 is 0 Å². The minimum absolute atomic E-state index is 0. The first-order valence-corrected chi connectivity index (χ1v) is 4.83. The molecular formula is C9H16ClNO5. The molecule has 1 saturated heterocycles. The van der Waals surface area contributed by atoms with Gasteiger partial charge in [0.25, 0.3) is 0 Å². The van der Waals surface area contributed by atoms with Crippen molar-refractivity contribution < 1.29 is 41.8 Å². The highest BCUT2D eigenvalue weighted by atomic mass is 35.5. The molecule has 0 radical (unpaired) electrons. The van der Waals surface area contributed by atoms with Crippen LogP contribution in [0.2, 0.25) is 0 Å². The zero-order chi connectivity index (χ0) is 11.3. The minimum atomic E-state index is -0.593. The lowest BCUT2D eigenvalue weighted by Crippen LogP contribution is -3.00. The van der Waals surface area contributed by atoms with Crippen molar-refractivity contribution in [3.63, 3.8) is 0 Å². The zero-order valence-corrected chi connectivity index (χ0v) is 10.0. The predicted molar refractivity (Wildman–Crippen MR) is 48.5 cm³/mol. The fourth-order valence-electron chi connectivity index (χ4n) is 1.48. The van der Waals surface area contributed by atoms with Crippen molar-refractivity contribution in [1.82, 2.24) is 0 Å². The van der Waals surface area contributed by atoms with E-state index < -0.39 is 12.1 Å². The Labute approximate surface area is 100.0 Å². The van der Waals surface area contributed by atoms with E-state index in [4.69, 9.17) is 4.84 Å². The molecule has 0 aliphatic carbocycles. The largest absolute Gasteiger partial charge is 1.00 e. The Hall–Kier alpha value is -0.850. The van der Waals surface area contributed by atoms with Gasteiger partial charge in [0.1, 0.15) is 0 Å². The summed E-state index contributed by atoms with van der Waals surface area (Å²) in [6.07, 6.45) is 1.34. The number of carbonyl (C=O) groups excluding carboxylic acids is 2. The molecule has 0 aromatic heterocycles. The molecule has 0 spiro atoms. The first kappa shape index (κ1) is 15.2. The maximum Gasteiger partial charge on any atom is 0.367 e. The maximum atomic E-state index is 11.2. The quantitative estimate of drug-likeness (QED) is 0.505. The molecule has 7 heteroatoms. The van der Waals surface area contributed by atoms with Gasteiger partial charge >= 0.3 is 11.9 Å². The summed E-state index contributed by atoms with van der Waals surface area (Å²) >= 11 is 0. The molecule has 1 fully saturated rings. The number of hydrogen-bond donors (Lipinski definition) is 1. The highest BCUT2D eigenvalue weighted by molar-refractivity contribution is 5.75. The van der Waals surface area contributed by atoms with Gasteiger partial charge in [0.05, 0.1) is 14.2 Å². The average Bonchev–Trinajstić information content (AvgIpc) is 2.52. The third-order valence-corrected chi connectivity index (χ3v) is 2.36. The molecule has 2 atom stereocenters. The average molecular weight is 254 g/mol. The molecule has 1 rings (SSSR count). The summed E-state index contributed by atoms with van der Waals surface area (Å²) in [4.78, 5) is 27.6. The molecule has 2 N–H and O–H groups in total. The second-order valence-electron chi connectivity index (χ2n) is 3.34. The molecular weight excluding hydrogens is 238 g/mol. The number of hydroxylamine groups is 1. The maximum absolute atomic E-state index is 11.2. The first-order valence-electron chi connectivity index (χ1n) is 4.83. The summed E-state index contributed by atoms with van der Waals surface area (Å²) < 4.78 is 9.17. The molecule has 1 heterocycles. The molecule has 0 unspecified atom stereocenters. The summed E-state index contributed by atoms with van der Waals surface area (Å²) in [5.41, 5.74) is 1.38. The van der Waals surface area contributed by atoms with Crippen molar-refractivity contribution in [2.24, 2.45) is 0 Å². The topological polar surface area (TPSA) is 78.4 Å². The fraction of sp³-hybridized carbons (Fsp3) is 0.778. The molecule has 1 aliphatic rings. The molecule has 1 aliphatic heterocycles. The summed E-state index contributed by atoms with van der Waals surface area (Å²) in [7, 11) is 2.65. The van der Waals surface area contributed by atoms with Crippen LogP contribution in [-0.4, -0.2) is 38.3 Å². The second kappa shape index (κ2) is 7.43. The van der Waals surface area contributed by atoms with Gasteiger partial charge in [-0.1, -0.05) is 0 Å². The lowest BCUT2D eigenvalue weighted by Gasteiger charge is -2.10. The van der Waals surface area contributed by atoms with Crippen LogP contribution in [0.15, 0.2) is 0 Å². The standard InChI is InChI=1S/C9H15NO5.ClH/c1-13-8(11)6-4-3-5-7(15-10-6)9(12)14-2;/h6-7,10H,3-5H2,1-2H3;1H/t6-,7+;/m0./s1. The van der Waals surface area contributed by atoms with Crippen LogP contribution in [0.1, 0.15) is 19.3 Å². The van der Waals surface area contributed by atoms with Crippen molar-refractivity contribution in [3.8, 4) is 0 Å². The monoisotopic (exact) mass is 253 g/mol. The highest BCUT2D eigenvalue weighted by Gasteiger charge is 2.32. The molecule has 0 amide bonds. The van der Waals surface area contributed by atoms with Crippen LogP contribution in [0.3, 0.4) is 0 Å². The van der Waals surface area contributed by atoms with Gasteiger partial charge in [-0.15, -0.1) is 0 Å². The molecule has 0 bridgehead atoms. The summed E-state index contributed by atoms with van der Waals surface area (Å²) in [6, 6.07) is -0.385. The van der Waals surface area contributed by atoms with E-state index in [1.165, 1.54) is 19.7 Å². The summed E-state index contributed by atoms with van der Waals surface area (Å²) in [5, 5.41) is 0. The van der Waals surface area contributed by atoms with Gasteiger partial charge in [0.2, 0.25) is 12.1 Å². The van der Waals surface area contributed by atoms with Gasteiger partial charge in [-0.3, -0.25) is 0 Å². The van der Waals surface area contributed by atoms with E-state index in [0.717, 1.165) is 6.42 Å². The van der Waals surface area contributed by atoms with Gasteiger partial charge < -0.3 is 21.9 Å². The Kier molecular flexibility index (Phi) is 7.03. The van der Waals surface area contributed by atoms with Crippen molar-refractivity contribution in [2.45, 2.75) is 31.4 Å². The van der Waals surface area contributed by atoms with Crippen molar-refractivity contribution in [2.75, 3.05) is 14.2 Å². The van der Waals surface area contributed by atoms with Crippen molar-refractivity contribution >= 4 is 11.9 Å². The number of rotatable bonds is 2. The lowest BCUT2D eigenvalue weighted by molar-refractivity contribution is -0.913. The van der Waals surface area contributed by atoms with E-state index in [0.29, 0.717) is 12.8 Å². The fourth-order valence-corrected chi connectivity index (χ4v) is 1.48. The molecule has 6 nitrogen and oxygen atoms in total. The molecule has 0 saturated carbocycles. The van der Waals surface area contributed by atoms with Crippen LogP contribution in [-0.2, 0) is 23.9 Å². The number of carbonyl (C=O) groups is 2. The van der Waals surface area contributed by atoms with E-state index in [1.54, 1.807) is 0 Å². The van der Waals surface area contributed by atoms with E-state index in [2.05, 4.69) is 9.47 Å². The van der Waals surface area contributed by atoms with Crippen LogP contribution in [0.4, 0.5) is 0 Å². The van der Waals surface area contributed by atoms with E-state index in [9.17, 15) is 9.59 Å². The molecule has 16 heavy (non-hydrogen) atoms. The first-order chi connectivity index (χ1) is 7.19. The predicted octanol–water partition coefficient (Wildman–Crippen LogP) is -4.25. The number of quaternary nitrogens is 1. The summed E-state index contributed by atoms with van der Waals surface area (Å²) in [6.45, 7) is 0. The Morgan fingerprint density at radius 2 is 1.81 bits per heavy atom. The van der Waals surface area contributed by atoms with Gasteiger partial charge in [0.15, 0.2) is 0 Å². The third-order valence-electron chi connectivity index (χ3n) is 2.36. The Balaban J connectivity index is 0.00000225. The third kappa shape index (κ3) is 3.96. The number of halogens is 1. The summed E-state index contributed by atoms with van der Waals surface area (Å²) in [5.74, 6) is -0.739. The highest BCUT2D eigenvalue weighted by Crippen LogP contribution is 2.09. The Bertz CT molecular complexity index is 224. The zero-order valence-electron chi connectivity index (χ0n) is 9.27. The number of esters is 2. The van der Waals surface area contributed by atoms with Crippen LogP contribution in [0.5, 0.6) is 0 Å². The van der Waals surface area contributed by atoms with Gasteiger partial charge in [-0.25, -0.2) is 9.59 Å². The Morgan fingerprint density at radius 3 is 2.38 bits per heavy atom. The van der Waals surface area contributed by atoms with Crippen molar-refractivity contribution in [1.29, 1.82) is 0 Å². The lowest BCUT2D eigenvalue weighted by atomic mass is 10.1. The number of hydrogen-bond acceptors (Lipinski definition) is 5. The Morgan fingerprint density at radius 1 is 1.19 bits per heavy atom. The minimum Gasteiger partial charge on any atom is -1.00 e. The van der Waals surface area contributed by atoms with Gasteiger partial charge in [-0.05, 0) is 12.8 Å². The van der Waals surface area contributed by atoms with Crippen LogP contribution in [0.25, 0.3) is 0 Å². The van der Waals surface area contributed by atoms with E-state index in [1.807, 2.05) is 0 Å². The van der Waals surface area contributed by atoms with Gasteiger partial charge in [-0.2, -0.15) is 10.3 Å². The molecule has 0 aromatic rings. The van der Waals surface area contributed by atoms with Crippen LogP contribution >= 0.6 is 0 Å². The van der Waals surface area contributed by atoms with Crippen LogP contribution in [0, 0.1) is 0 Å². The molecule has 94 valence electrons. The molecule has 0 aromatic carbocycles. The normalized spacial score (nSPS) is 24.9. The number of nitrogens with two attached hydrogens (primary N) is 1. The smallest absolute Gasteiger partial charge is 0.367 e. The van der Waals surface area contributed by atoms with E-state index in [-0.39, 0.29) is 24.4 Å².